The van der Waals surface area contributed by atoms with E-state index >= 15 is 0 Å². The van der Waals surface area contributed by atoms with Crippen molar-refractivity contribution in [1.82, 2.24) is 10.2 Å². The highest BCUT2D eigenvalue weighted by Gasteiger charge is 2.23. The number of guanidine groups is 1. The van der Waals surface area contributed by atoms with E-state index < -0.39 is 0 Å². The first-order valence-electron chi connectivity index (χ1n) is 8.52. The number of ether oxygens (including phenoxy) is 2. The Kier molecular flexibility index (Phi) is 10.4. The van der Waals surface area contributed by atoms with Gasteiger partial charge in [-0.2, -0.15) is 0 Å². The molecule has 130 valence electrons. The summed E-state index contributed by atoms with van der Waals surface area (Å²) in [4.78, 5) is 6.70. The van der Waals surface area contributed by atoms with Gasteiger partial charge in [0.05, 0.1) is 18.8 Å². The van der Waals surface area contributed by atoms with Crippen LogP contribution >= 0.6 is 24.0 Å². The molecule has 2 aliphatic heterocycles. The Morgan fingerprint density at radius 1 is 1.27 bits per heavy atom. The van der Waals surface area contributed by atoms with Crippen LogP contribution in [0.25, 0.3) is 0 Å². The predicted molar refractivity (Wildman–Crippen MR) is 101 cm³/mol. The number of hydrogen-bond acceptors (Lipinski definition) is 3. The minimum Gasteiger partial charge on any atom is -0.376 e. The third-order valence-corrected chi connectivity index (χ3v) is 4.28. The summed E-state index contributed by atoms with van der Waals surface area (Å²) in [7, 11) is 1.86. The fourth-order valence-electron chi connectivity index (χ4n) is 2.99. The van der Waals surface area contributed by atoms with Crippen molar-refractivity contribution >= 4 is 29.9 Å². The lowest BCUT2D eigenvalue weighted by Gasteiger charge is -2.35. The lowest BCUT2D eigenvalue weighted by atomic mass is 10.1. The van der Waals surface area contributed by atoms with Crippen molar-refractivity contribution in [2.24, 2.45) is 4.99 Å². The van der Waals surface area contributed by atoms with Gasteiger partial charge in [-0.15, -0.1) is 24.0 Å². The molecule has 2 saturated heterocycles. The molecule has 0 aromatic heterocycles. The number of likely N-dealkylation sites (tertiary alicyclic amines) is 1. The molecule has 2 rings (SSSR count). The van der Waals surface area contributed by atoms with E-state index in [9.17, 15) is 0 Å². The molecule has 1 atom stereocenters. The van der Waals surface area contributed by atoms with Gasteiger partial charge in [-0.25, -0.2) is 0 Å². The molecule has 0 saturated carbocycles. The van der Waals surface area contributed by atoms with Gasteiger partial charge in [-0.05, 0) is 38.5 Å². The topological polar surface area (TPSA) is 46.1 Å². The highest BCUT2D eigenvalue weighted by Crippen LogP contribution is 2.17. The van der Waals surface area contributed by atoms with E-state index in [1.807, 2.05) is 7.05 Å². The third kappa shape index (κ3) is 6.58. The third-order valence-electron chi connectivity index (χ3n) is 4.28. The lowest BCUT2D eigenvalue weighted by molar-refractivity contribution is -0.0721. The zero-order valence-electron chi connectivity index (χ0n) is 14.1. The van der Waals surface area contributed by atoms with Gasteiger partial charge < -0.3 is 19.7 Å². The van der Waals surface area contributed by atoms with Gasteiger partial charge in [0.2, 0.25) is 0 Å². The van der Waals surface area contributed by atoms with Crippen LogP contribution < -0.4 is 5.32 Å². The predicted octanol–water partition coefficient (Wildman–Crippen LogP) is 2.64. The second-order valence-electron chi connectivity index (χ2n) is 5.98. The number of nitrogens with zero attached hydrogens (tertiary/aromatic N) is 2. The van der Waals surface area contributed by atoms with Gasteiger partial charge in [0.1, 0.15) is 0 Å². The maximum Gasteiger partial charge on any atom is 0.193 e. The number of halogens is 1. The fraction of sp³-hybridized carbons (Fsp3) is 0.938. The van der Waals surface area contributed by atoms with E-state index in [2.05, 4.69) is 22.1 Å². The molecule has 0 aliphatic carbocycles. The van der Waals surface area contributed by atoms with E-state index in [1.54, 1.807) is 0 Å². The highest BCUT2D eigenvalue weighted by molar-refractivity contribution is 14.0. The van der Waals surface area contributed by atoms with Gasteiger partial charge in [0, 0.05) is 33.3 Å². The molecule has 5 nitrogen and oxygen atoms in total. The number of aliphatic imine (C=N–C) groups is 1. The van der Waals surface area contributed by atoms with Crippen molar-refractivity contribution in [2.45, 2.75) is 57.7 Å². The Bertz CT molecular complexity index is 315. The Morgan fingerprint density at radius 2 is 2.05 bits per heavy atom. The van der Waals surface area contributed by atoms with Crippen LogP contribution in [0.1, 0.15) is 45.4 Å². The van der Waals surface area contributed by atoms with E-state index in [4.69, 9.17) is 9.47 Å². The van der Waals surface area contributed by atoms with Crippen molar-refractivity contribution in [2.75, 3.05) is 39.9 Å². The van der Waals surface area contributed by atoms with Gasteiger partial charge >= 0.3 is 0 Å². The minimum atomic E-state index is 0. The molecule has 2 fully saturated rings. The lowest BCUT2D eigenvalue weighted by Crippen LogP contribution is -2.47. The first kappa shape index (κ1) is 20.0. The molecule has 6 heteroatoms. The molecule has 0 radical (unpaired) electrons. The molecule has 0 aromatic rings. The molecule has 0 amide bonds. The summed E-state index contributed by atoms with van der Waals surface area (Å²) in [5.74, 6) is 1.03. The van der Waals surface area contributed by atoms with Crippen molar-refractivity contribution in [3.8, 4) is 0 Å². The summed E-state index contributed by atoms with van der Waals surface area (Å²) in [6.07, 6.45) is 7.66. The van der Waals surface area contributed by atoms with Crippen molar-refractivity contribution in [1.29, 1.82) is 0 Å². The molecular weight excluding hydrogens is 393 g/mol. The van der Waals surface area contributed by atoms with Gasteiger partial charge in [0.25, 0.3) is 0 Å². The SMILES string of the molecule is CCCNC(=NC)N1CCC(OCC2CCCCO2)CC1.I. The standard InChI is InChI=1S/C16H31N3O2.HI/c1-3-9-18-16(17-2)19-10-7-14(8-11-19)21-13-15-6-4-5-12-20-15;/h14-15H,3-13H2,1-2H3,(H,17,18);1H. The minimum absolute atomic E-state index is 0. The Balaban J connectivity index is 0.00000242. The number of piperidine rings is 1. The zero-order chi connectivity index (χ0) is 14.9. The monoisotopic (exact) mass is 425 g/mol. The highest BCUT2D eigenvalue weighted by atomic mass is 127. The quantitative estimate of drug-likeness (QED) is 0.418. The van der Waals surface area contributed by atoms with Crippen molar-refractivity contribution in [3.63, 3.8) is 0 Å². The average Bonchev–Trinajstić information content (AvgIpc) is 2.56. The van der Waals surface area contributed by atoms with Crippen LogP contribution in [0.4, 0.5) is 0 Å². The maximum atomic E-state index is 6.05. The van der Waals surface area contributed by atoms with Crippen molar-refractivity contribution in [3.05, 3.63) is 0 Å². The van der Waals surface area contributed by atoms with Crippen LogP contribution in [0.5, 0.6) is 0 Å². The summed E-state index contributed by atoms with van der Waals surface area (Å²) in [6.45, 7) is 6.90. The van der Waals surface area contributed by atoms with E-state index in [0.717, 1.165) is 64.5 Å². The summed E-state index contributed by atoms with van der Waals surface area (Å²) in [6, 6.07) is 0. The van der Waals surface area contributed by atoms with E-state index in [0.29, 0.717) is 12.2 Å². The summed E-state index contributed by atoms with van der Waals surface area (Å²) in [5.41, 5.74) is 0. The Morgan fingerprint density at radius 3 is 2.64 bits per heavy atom. The zero-order valence-corrected chi connectivity index (χ0v) is 16.4. The second kappa shape index (κ2) is 11.5. The van der Waals surface area contributed by atoms with Gasteiger partial charge in [-0.1, -0.05) is 6.92 Å². The normalized spacial score (nSPS) is 24.0. The van der Waals surface area contributed by atoms with Gasteiger partial charge in [0.15, 0.2) is 5.96 Å². The summed E-state index contributed by atoms with van der Waals surface area (Å²) in [5, 5.41) is 3.40. The van der Waals surface area contributed by atoms with Crippen molar-refractivity contribution < 1.29 is 9.47 Å². The van der Waals surface area contributed by atoms with Crippen LogP contribution in [0.15, 0.2) is 4.99 Å². The summed E-state index contributed by atoms with van der Waals surface area (Å²) < 4.78 is 11.8. The molecule has 1 N–H and O–H groups in total. The molecule has 22 heavy (non-hydrogen) atoms. The van der Waals surface area contributed by atoms with Crippen LogP contribution in [0.3, 0.4) is 0 Å². The molecule has 0 aromatic carbocycles. The number of rotatable bonds is 5. The first-order chi connectivity index (χ1) is 10.3. The molecule has 2 heterocycles. The fourth-order valence-corrected chi connectivity index (χ4v) is 2.99. The number of hydrogen-bond donors (Lipinski definition) is 1. The molecule has 2 aliphatic rings. The second-order valence-corrected chi connectivity index (χ2v) is 5.98. The van der Waals surface area contributed by atoms with Crippen LogP contribution in [0, 0.1) is 0 Å². The average molecular weight is 425 g/mol. The number of nitrogens with one attached hydrogen (secondary N) is 1. The molecule has 1 unspecified atom stereocenters. The van der Waals surface area contributed by atoms with Gasteiger partial charge in [-0.3, -0.25) is 4.99 Å². The van der Waals surface area contributed by atoms with E-state index in [1.165, 1.54) is 12.8 Å². The molecular formula is C16H32IN3O2. The van der Waals surface area contributed by atoms with Crippen LogP contribution in [-0.2, 0) is 9.47 Å². The van der Waals surface area contributed by atoms with E-state index in [-0.39, 0.29) is 24.0 Å². The Labute approximate surface area is 152 Å². The molecule has 0 spiro atoms. The molecule has 0 bridgehead atoms. The van der Waals surface area contributed by atoms with Crippen LogP contribution in [0.2, 0.25) is 0 Å². The Hall–Kier alpha value is -0.0800. The van der Waals surface area contributed by atoms with Crippen LogP contribution in [-0.4, -0.2) is 63.0 Å². The maximum absolute atomic E-state index is 6.05. The summed E-state index contributed by atoms with van der Waals surface area (Å²) >= 11 is 0. The first-order valence-corrected chi connectivity index (χ1v) is 8.52. The largest absolute Gasteiger partial charge is 0.376 e. The smallest absolute Gasteiger partial charge is 0.193 e.